The molecule has 0 atom stereocenters. The number of carboxylic acids is 5. The Labute approximate surface area is 862 Å². The first-order valence-electron chi connectivity index (χ1n) is 45.8. The van der Waals surface area contributed by atoms with Gasteiger partial charge in [0.25, 0.3) is 17.7 Å². The molecule has 20 aromatic rings. The van der Waals surface area contributed by atoms with E-state index in [1.54, 1.807) is 20.1 Å². The molecule has 0 radical (unpaired) electrons. The highest BCUT2D eigenvalue weighted by Crippen LogP contribution is 2.44. The minimum Gasteiger partial charge on any atom is -0.476 e. The Kier molecular flexibility index (Phi) is 31.0. The Morgan fingerprint density at radius 2 is 0.582 bits per heavy atom. The first kappa shape index (κ1) is 102. The molecular weight excluding hydrogens is 2000 g/mol. The van der Waals surface area contributed by atoms with E-state index in [1.165, 1.54) is 38.1 Å². The molecule has 0 spiro atoms. The maximum absolute atomic E-state index is 11.7. The van der Waals surface area contributed by atoms with Crippen molar-refractivity contribution in [3.63, 3.8) is 0 Å². The Bertz CT molecular complexity index is 7900. The van der Waals surface area contributed by atoms with E-state index in [1.807, 2.05) is 292 Å². The summed E-state index contributed by atoms with van der Waals surface area (Å²) in [6, 6.07) is 80.6. The number of aromatic carboxylic acids is 5. The summed E-state index contributed by atoms with van der Waals surface area (Å²) < 4.78 is 25.7. The molecule has 33 nitrogen and oxygen atoms in total. The minimum atomic E-state index is -1.24. The molecule has 0 unspecified atom stereocenters. The van der Waals surface area contributed by atoms with Gasteiger partial charge in [0, 0.05) is 39.9 Å². The van der Waals surface area contributed by atoms with Crippen molar-refractivity contribution in [3.8, 4) is 140 Å². The van der Waals surface area contributed by atoms with Crippen LogP contribution in [-0.2, 0) is 0 Å². The number of aryl methyl sites for hydroxylation is 6. The Balaban J connectivity index is 0.000000131. The van der Waals surface area contributed by atoms with Gasteiger partial charge >= 0.3 is 29.8 Å². The van der Waals surface area contributed by atoms with Crippen LogP contribution in [0.1, 0.15) is 187 Å². The quantitative estimate of drug-likeness (QED) is 0.0375. The SMILES string of the molecule is Cc1cccc(-c2nnc(-c3c(Br)c(C(=O)O)nn3-c3ccccc3C)o2)c1.Cc1cccc(-c2nnc(-c3c(Cl)c(C(=O)O)nn3-c3ccccc3C(C)C)o2)c1.Cc1cccc(-c2nnc(-c3c(Cl)c(C(=O)O)nn3-c3ccccc3C(C)C)s2)c1.Cc1cccc(-c2nnc(-c3cc(C(=O)O)nn3-c3ccccc3C(C)C)o2)c1.Cc1cccc(-c2nnc(-c3cc(C(=O)O)nn3-c3ccccc3C(C)C)s2)c1. The van der Waals surface area contributed by atoms with Crippen LogP contribution in [-0.4, -0.2) is 155 Å². The van der Waals surface area contributed by atoms with Crippen LogP contribution < -0.4 is 0 Å². The summed E-state index contributed by atoms with van der Waals surface area (Å²) in [4.78, 5) is 58.2. The normalized spacial score (nSPS) is 11.2. The number of aromatic nitrogens is 20. The van der Waals surface area contributed by atoms with Gasteiger partial charge in [-0.1, -0.05) is 293 Å². The van der Waals surface area contributed by atoms with E-state index in [-0.39, 0.29) is 90.0 Å². The van der Waals surface area contributed by atoms with E-state index in [9.17, 15) is 49.5 Å². The van der Waals surface area contributed by atoms with Gasteiger partial charge < -0.3 is 38.8 Å². The highest BCUT2D eigenvalue weighted by Gasteiger charge is 2.34. The van der Waals surface area contributed by atoms with E-state index < -0.39 is 29.8 Å². The largest absolute Gasteiger partial charge is 0.476 e. The summed E-state index contributed by atoms with van der Waals surface area (Å²) in [5.74, 6) is -3.40. The Morgan fingerprint density at radius 3 is 0.973 bits per heavy atom. The highest BCUT2D eigenvalue weighted by atomic mass is 79.9. The summed E-state index contributed by atoms with van der Waals surface area (Å²) in [6.07, 6.45) is 0. The topological polar surface area (TPSA) is 444 Å². The summed E-state index contributed by atoms with van der Waals surface area (Å²) >= 11 is 19.0. The predicted molar refractivity (Wildman–Crippen MR) is 560 cm³/mol. The number of carboxylic acid groups (broad SMARTS) is 5. The number of nitrogens with zero attached hydrogens (tertiary/aromatic N) is 20. The molecule has 10 aromatic carbocycles. The van der Waals surface area contributed by atoms with Crippen molar-refractivity contribution in [2.24, 2.45) is 0 Å². The second-order valence-corrected chi connectivity index (χ2v) is 38.5. The maximum atomic E-state index is 11.7. The molecule has 146 heavy (non-hydrogen) atoms. The molecule has 10 aromatic heterocycles. The van der Waals surface area contributed by atoms with Gasteiger partial charge in [0.15, 0.2) is 44.2 Å². The fourth-order valence-electron chi connectivity index (χ4n) is 15.9. The van der Waals surface area contributed by atoms with Crippen molar-refractivity contribution in [1.29, 1.82) is 0 Å². The number of para-hydroxylation sites is 5. The lowest BCUT2D eigenvalue weighted by Crippen LogP contribution is -2.06. The third kappa shape index (κ3) is 22.3. The summed E-state index contributed by atoms with van der Waals surface area (Å²) in [6.45, 7) is 28.5. The fraction of sp³-hybridized carbons (Fsp3) is 0.167. The van der Waals surface area contributed by atoms with Crippen LogP contribution in [0.4, 0.5) is 0 Å². The van der Waals surface area contributed by atoms with Crippen molar-refractivity contribution in [2.45, 2.75) is 121 Å². The van der Waals surface area contributed by atoms with Crippen molar-refractivity contribution < 1.29 is 62.8 Å². The molecule has 736 valence electrons. The molecule has 0 aliphatic heterocycles. The highest BCUT2D eigenvalue weighted by molar-refractivity contribution is 9.10. The standard InChI is InChI=1S/C22H19ClN4O3.C22H19ClN4O2S.C22H20N4O3.C22H20N4O2S.C20H15BrN4O3/c2*1-12(2)15-9-4-5-10-16(15)27-19(17(23)18(26-27)22(28)29)21-25-24-20(30-21)14-8-6-7-13(3)11-14;2*1-13(2)16-9-4-5-10-18(16)26-19(12-17(25-26)22(27)28)21-24-23-20(29-21)15-8-6-7-14(3)11-15;1-11-6-5-8-13(10-11)18-22-23-19(28-18)17-15(21)16(20(26)27)24-25(17)14-9-4-3-7-12(14)2/h2*4-12H,1-3H3,(H,28,29);2*4-13H,1-3H3,(H,27,28);3-10H,1-2H3,(H,26,27). The van der Waals surface area contributed by atoms with Gasteiger partial charge in [-0.05, 0) is 188 Å². The lowest BCUT2D eigenvalue weighted by molar-refractivity contribution is 0.0678. The van der Waals surface area contributed by atoms with Crippen LogP contribution in [0.5, 0.6) is 0 Å². The second-order valence-electron chi connectivity index (χ2n) is 35.0. The number of hydrogen-bond donors (Lipinski definition) is 5. The van der Waals surface area contributed by atoms with Crippen LogP contribution in [0.3, 0.4) is 0 Å². The van der Waals surface area contributed by atoms with E-state index in [2.05, 4.69) is 140 Å². The fourth-order valence-corrected chi connectivity index (χ4v) is 18.8. The lowest BCUT2D eigenvalue weighted by atomic mass is 10.0. The first-order chi connectivity index (χ1) is 70.0. The van der Waals surface area contributed by atoms with Crippen LogP contribution in [0.15, 0.2) is 273 Å². The van der Waals surface area contributed by atoms with Gasteiger partial charge in [-0.15, -0.1) is 51.0 Å². The summed E-state index contributed by atoms with van der Waals surface area (Å²) in [5, 5.41) is 114. The average molecular weight is 2090 g/mol. The summed E-state index contributed by atoms with van der Waals surface area (Å²) in [7, 11) is 0. The molecule has 38 heteroatoms. The monoisotopic (exact) mass is 2090 g/mol. The smallest absolute Gasteiger partial charge is 0.358 e. The molecule has 0 saturated heterocycles. The van der Waals surface area contributed by atoms with Crippen molar-refractivity contribution >= 4 is 91.7 Å². The number of carbonyl (C=O) groups is 5. The van der Waals surface area contributed by atoms with Crippen LogP contribution in [0.2, 0.25) is 10.0 Å². The van der Waals surface area contributed by atoms with Gasteiger partial charge in [0.2, 0.25) is 17.7 Å². The van der Waals surface area contributed by atoms with E-state index in [0.29, 0.717) is 56.2 Å². The third-order valence-corrected chi connectivity index (χ3v) is 26.4. The zero-order valence-electron chi connectivity index (χ0n) is 81.0. The van der Waals surface area contributed by atoms with Crippen molar-refractivity contribution in [2.75, 3.05) is 0 Å². The molecule has 0 aliphatic rings. The average Bonchev–Trinajstić information content (AvgIpc) is 1.61. The number of halogens is 3. The molecular formula is C108H93BrCl2N20O13S2. The van der Waals surface area contributed by atoms with Gasteiger partial charge in [-0.25, -0.2) is 47.4 Å². The second kappa shape index (κ2) is 44.4. The van der Waals surface area contributed by atoms with Gasteiger partial charge in [0.05, 0.1) is 32.9 Å². The number of benzene rings is 10. The maximum Gasteiger partial charge on any atom is 0.358 e. The van der Waals surface area contributed by atoms with Crippen molar-refractivity contribution in [1.82, 2.24) is 99.9 Å². The molecule has 0 aliphatic carbocycles. The zero-order valence-corrected chi connectivity index (χ0v) is 85.7. The van der Waals surface area contributed by atoms with E-state index in [4.69, 9.17) is 36.5 Å². The number of rotatable bonds is 24. The van der Waals surface area contributed by atoms with E-state index >= 15 is 0 Å². The first-order valence-corrected chi connectivity index (χ1v) is 48.9. The molecule has 0 amide bonds. The van der Waals surface area contributed by atoms with Gasteiger partial charge in [-0.3, -0.25) is 0 Å². The Hall–Kier alpha value is -16.8. The van der Waals surface area contributed by atoms with Crippen LogP contribution in [0.25, 0.3) is 140 Å². The molecule has 10 heterocycles. The van der Waals surface area contributed by atoms with Gasteiger partial charge in [0.1, 0.15) is 42.8 Å². The van der Waals surface area contributed by atoms with Crippen molar-refractivity contribution in [3.05, 3.63) is 353 Å². The predicted octanol–water partition coefficient (Wildman–Crippen LogP) is 25.8. The van der Waals surface area contributed by atoms with Crippen LogP contribution >= 0.6 is 61.8 Å². The van der Waals surface area contributed by atoms with E-state index in [0.717, 1.165) is 116 Å². The lowest BCUT2D eigenvalue weighted by Gasteiger charge is -2.14. The zero-order chi connectivity index (χ0) is 104. The molecule has 0 saturated carbocycles. The number of hydrogen-bond acceptors (Lipinski definition) is 25. The molecule has 0 fully saturated rings. The minimum absolute atomic E-state index is 0.0223. The summed E-state index contributed by atoms with van der Waals surface area (Å²) in [5.41, 5.74) is 20.0. The molecule has 0 bridgehead atoms. The molecule has 5 N–H and O–H groups in total. The molecule has 20 rings (SSSR count). The third-order valence-electron chi connectivity index (χ3n) is 22.9. The van der Waals surface area contributed by atoms with Gasteiger partial charge in [-0.2, -0.15) is 25.5 Å². The Morgan fingerprint density at radius 1 is 0.288 bits per heavy atom. The van der Waals surface area contributed by atoms with Crippen LogP contribution in [0, 0.1) is 41.5 Å².